The largest absolute Gasteiger partial charge is 0.480 e. The molecule has 0 aliphatic heterocycles. The van der Waals surface area contributed by atoms with Gasteiger partial charge in [-0.25, -0.2) is 0 Å². The maximum atomic E-state index is 11.8. The summed E-state index contributed by atoms with van der Waals surface area (Å²) in [4.78, 5) is 43.9. The van der Waals surface area contributed by atoms with Crippen LogP contribution >= 0.6 is 0 Å². The van der Waals surface area contributed by atoms with Crippen LogP contribution in [0.4, 0.5) is 11.4 Å². The lowest BCUT2D eigenvalue weighted by Crippen LogP contribution is -2.30. The first-order chi connectivity index (χ1) is 10.8. The van der Waals surface area contributed by atoms with Gasteiger partial charge in [-0.2, -0.15) is 0 Å². The molecule has 0 aromatic heterocycles. The van der Waals surface area contributed by atoms with E-state index in [2.05, 4.69) is 15.4 Å². The second kappa shape index (κ2) is 7.73. The van der Waals surface area contributed by atoms with E-state index in [0.717, 1.165) is 13.2 Å². The SMILES string of the molecule is COC(=O)CNC(=O)c1ccc(N[C@H](C)C(=O)O)c([N+](=O)[O-])c1. The van der Waals surface area contributed by atoms with E-state index in [4.69, 9.17) is 5.11 Å². The number of carboxylic acids is 1. The number of nitrogens with one attached hydrogen (secondary N) is 2. The van der Waals surface area contributed by atoms with E-state index < -0.39 is 34.5 Å². The minimum atomic E-state index is -1.18. The number of benzene rings is 1. The van der Waals surface area contributed by atoms with Crippen molar-refractivity contribution in [3.8, 4) is 0 Å². The summed E-state index contributed by atoms with van der Waals surface area (Å²) < 4.78 is 4.36. The molecule has 23 heavy (non-hydrogen) atoms. The topological polar surface area (TPSA) is 148 Å². The molecule has 0 spiro atoms. The molecule has 124 valence electrons. The van der Waals surface area contributed by atoms with Crippen LogP contribution in [0.25, 0.3) is 0 Å². The first kappa shape index (κ1) is 17.9. The molecule has 1 rings (SSSR count). The summed E-state index contributed by atoms with van der Waals surface area (Å²) in [6.45, 7) is 0.947. The minimum Gasteiger partial charge on any atom is -0.480 e. The average molecular weight is 325 g/mol. The van der Waals surface area contributed by atoms with Gasteiger partial charge in [0.1, 0.15) is 18.3 Å². The molecule has 3 N–H and O–H groups in total. The van der Waals surface area contributed by atoms with Crippen LogP contribution in [0.3, 0.4) is 0 Å². The Morgan fingerprint density at radius 2 is 2.04 bits per heavy atom. The van der Waals surface area contributed by atoms with Crippen molar-refractivity contribution in [2.24, 2.45) is 0 Å². The molecule has 0 radical (unpaired) electrons. The van der Waals surface area contributed by atoms with Gasteiger partial charge >= 0.3 is 11.9 Å². The number of esters is 1. The van der Waals surface area contributed by atoms with Crippen molar-refractivity contribution in [3.05, 3.63) is 33.9 Å². The van der Waals surface area contributed by atoms with Gasteiger partial charge in [-0.05, 0) is 19.1 Å². The van der Waals surface area contributed by atoms with Gasteiger partial charge in [-0.15, -0.1) is 0 Å². The standard InChI is InChI=1S/C13H15N3O7/c1-7(13(19)20)15-9-4-3-8(5-10(9)16(21)22)12(18)14-6-11(17)23-2/h3-5,7,15H,6H2,1-2H3,(H,14,18)(H,19,20)/t7-/m1/s1. The van der Waals surface area contributed by atoms with E-state index in [1.807, 2.05) is 0 Å². The molecule has 0 bridgehead atoms. The fraction of sp³-hybridized carbons (Fsp3) is 0.308. The number of amides is 1. The van der Waals surface area contributed by atoms with Gasteiger partial charge in [-0.1, -0.05) is 0 Å². The van der Waals surface area contributed by atoms with Crippen LogP contribution < -0.4 is 10.6 Å². The highest BCUT2D eigenvalue weighted by Gasteiger charge is 2.21. The van der Waals surface area contributed by atoms with Crippen molar-refractivity contribution in [3.63, 3.8) is 0 Å². The van der Waals surface area contributed by atoms with Crippen LogP contribution in [0.1, 0.15) is 17.3 Å². The van der Waals surface area contributed by atoms with E-state index in [0.29, 0.717) is 0 Å². The lowest BCUT2D eigenvalue weighted by atomic mass is 10.1. The molecule has 0 saturated heterocycles. The number of nitro benzene ring substituents is 1. The number of carboxylic acid groups (broad SMARTS) is 1. The monoisotopic (exact) mass is 325 g/mol. The number of hydrogen-bond acceptors (Lipinski definition) is 7. The Morgan fingerprint density at radius 1 is 1.39 bits per heavy atom. The van der Waals surface area contributed by atoms with Crippen molar-refractivity contribution in [1.29, 1.82) is 0 Å². The summed E-state index contributed by atoms with van der Waals surface area (Å²) in [7, 11) is 1.16. The van der Waals surface area contributed by atoms with Gasteiger partial charge in [-0.3, -0.25) is 24.5 Å². The summed E-state index contributed by atoms with van der Waals surface area (Å²) in [5, 5.41) is 24.6. The third kappa shape index (κ3) is 4.95. The summed E-state index contributed by atoms with van der Waals surface area (Å²) in [5.41, 5.74) is -0.535. The van der Waals surface area contributed by atoms with Gasteiger partial charge < -0.3 is 20.5 Å². The zero-order valence-corrected chi connectivity index (χ0v) is 12.4. The molecule has 0 fully saturated rings. The van der Waals surface area contributed by atoms with Gasteiger partial charge in [0, 0.05) is 11.6 Å². The Morgan fingerprint density at radius 3 is 2.57 bits per heavy atom. The van der Waals surface area contributed by atoms with Crippen LogP contribution in [0.15, 0.2) is 18.2 Å². The summed E-state index contributed by atoms with van der Waals surface area (Å²) in [6, 6.07) is 2.44. The van der Waals surface area contributed by atoms with Gasteiger partial charge in [0.05, 0.1) is 12.0 Å². The molecule has 1 aromatic carbocycles. The highest BCUT2D eigenvalue weighted by atomic mass is 16.6. The van der Waals surface area contributed by atoms with E-state index >= 15 is 0 Å². The van der Waals surface area contributed by atoms with E-state index in [-0.39, 0.29) is 17.8 Å². The first-order valence-electron chi connectivity index (χ1n) is 6.39. The molecule has 0 unspecified atom stereocenters. The number of nitro groups is 1. The lowest BCUT2D eigenvalue weighted by Gasteiger charge is -2.12. The zero-order valence-electron chi connectivity index (χ0n) is 12.4. The quantitative estimate of drug-likeness (QED) is 0.370. The summed E-state index contributed by atoms with van der Waals surface area (Å²) in [5.74, 6) is -2.54. The van der Waals surface area contributed by atoms with E-state index in [1.165, 1.54) is 19.1 Å². The van der Waals surface area contributed by atoms with Crippen molar-refractivity contribution < 1.29 is 29.2 Å². The fourth-order valence-electron chi connectivity index (χ4n) is 1.57. The van der Waals surface area contributed by atoms with Crippen LogP contribution in [0.2, 0.25) is 0 Å². The second-order valence-corrected chi connectivity index (χ2v) is 4.45. The molecule has 0 heterocycles. The Hall–Kier alpha value is -3.17. The third-order valence-corrected chi connectivity index (χ3v) is 2.82. The minimum absolute atomic E-state index is 0.0329. The molecule has 10 heteroatoms. The summed E-state index contributed by atoms with van der Waals surface area (Å²) in [6.07, 6.45) is 0. The molecule has 1 amide bonds. The number of hydrogen-bond donors (Lipinski definition) is 3. The summed E-state index contributed by atoms with van der Waals surface area (Å²) >= 11 is 0. The predicted octanol–water partition coefficient (Wildman–Crippen LogP) is 0.383. The van der Waals surface area contributed by atoms with Crippen molar-refractivity contribution >= 4 is 29.2 Å². The number of carbonyl (C=O) groups excluding carboxylic acids is 2. The number of anilines is 1. The van der Waals surface area contributed by atoms with E-state index in [9.17, 15) is 24.5 Å². The number of ether oxygens (including phenoxy) is 1. The maximum absolute atomic E-state index is 11.8. The molecule has 1 aromatic rings. The van der Waals surface area contributed by atoms with E-state index in [1.54, 1.807) is 0 Å². The molecule has 10 nitrogen and oxygen atoms in total. The normalized spacial score (nSPS) is 11.2. The smallest absolute Gasteiger partial charge is 0.325 e. The highest BCUT2D eigenvalue weighted by Crippen LogP contribution is 2.26. The van der Waals surface area contributed by atoms with Crippen molar-refractivity contribution in [1.82, 2.24) is 5.32 Å². The number of nitrogens with zero attached hydrogens (tertiary/aromatic N) is 1. The Balaban J connectivity index is 2.99. The highest BCUT2D eigenvalue weighted by molar-refractivity contribution is 5.97. The maximum Gasteiger partial charge on any atom is 0.325 e. The van der Waals surface area contributed by atoms with Crippen LogP contribution in [0.5, 0.6) is 0 Å². The van der Waals surface area contributed by atoms with Crippen LogP contribution in [-0.4, -0.2) is 47.6 Å². The molecule has 0 aliphatic rings. The molecule has 0 saturated carbocycles. The second-order valence-electron chi connectivity index (χ2n) is 4.45. The number of methoxy groups -OCH3 is 1. The first-order valence-corrected chi connectivity index (χ1v) is 6.39. The van der Waals surface area contributed by atoms with Crippen LogP contribution in [-0.2, 0) is 14.3 Å². The fourth-order valence-corrected chi connectivity index (χ4v) is 1.57. The van der Waals surface area contributed by atoms with Crippen LogP contribution in [0, 0.1) is 10.1 Å². The van der Waals surface area contributed by atoms with Gasteiger partial charge in [0.25, 0.3) is 11.6 Å². The zero-order chi connectivity index (χ0) is 17.6. The number of rotatable bonds is 7. The van der Waals surface area contributed by atoms with Crippen molar-refractivity contribution in [2.75, 3.05) is 19.0 Å². The number of carbonyl (C=O) groups is 3. The third-order valence-electron chi connectivity index (χ3n) is 2.82. The Bertz CT molecular complexity index is 644. The predicted molar refractivity (Wildman–Crippen MR) is 78.2 cm³/mol. The van der Waals surface area contributed by atoms with Gasteiger partial charge in [0.2, 0.25) is 0 Å². The Kier molecular flexibility index (Phi) is 6.01. The molecular weight excluding hydrogens is 310 g/mol. The Labute approximate surface area is 130 Å². The molecule has 0 aliphatic carbocycles. The molecule has 1 atom stereocenters. The van der Waals surface area contributed by atoms with Crippen molar-refractivity contribution in [2.45, 2.75) is 13.0 Å². The molecular formula is C13H15N3O7. The van der Waals surface area contributed by atoms with Gasteiger partial charge in [0.15, 0.2) is 0 Å². The average Bonchev–Trinajstić information content (AvgIpc) is 2.51. The lowest BCUT2D eigenvalue weighted by molar-refractivity contribution is -0.384. The number of aliphatic carboxylic acids is 1.